The van der Waals surface area contributed by atoms with Gasteiger partial charge in [0.15, 0.2) is 5.69 Å². The van der Waals surface area contributed by atoms with Crippen LogP contribution in [0.4, 0.5) is 0 Å². The fourth-order valence-electron chi connectivity index (χ4n) is 2.10. The predicted octanol–water partition coefficient (Wildman–Crippen LogP) is 4.33. The number of aromatic nitrogens is 2. The third-order valence-electron chi connectivity index (χ3n) is 3.14. The molecular weight excluding hydrogens is 308 g/mol. The van der Waals surface area contributed by atoms with Gasteiger partial charge in [0.2, 0.25) is 0 Å². The average molecular weight is 324 g/mol. The van der Waals surface area contributed by atoms with Crippen molar-refractivity contribution in [1.29, 1.82) is 0 Å². The van der Waals surface area contributed by atoms with Gasteiger partial charge in [0.05, 0.1) is 10.6 Å². The van der Waals surface area contributed by atoms with Gasteiger partial charge in [-0.2, -0.15) is 5.10 Å². The van der Waals surface area contributed by atoms with Crippen LogP contribution in [0.15, 0.2) is 66.1 Å². The molecule has 0 amide bonds. The van der Waals surface area contributed by atoms with Crippen LogP contribution < -0.4 is 0 Å². The number of hydrogen-bond acceptors (Lipinski definition) is 4. The van der Waals surface area contributed by atoms with Crippen molar-refractivity contribution < 1.29 is 9.53 Å². The first kappa shape index (κ1) is 15.2. The van der Waals surface area contributed by atoms with E-state index in [9.17, 15) is 4.79 Å². The van der Waals surface area contributed by atoms with Gasteiger partial charge >= 0.3 is 5.97 Å². The summed E-state index contributed by atoms with van der Waals surface area (Å²) in [5.41, 5.74) is 2.77. The average Bonchev–Trinajstić information content (AvgIpc) is 3.22. The predicted molar refractivity (Wildman–Crippen MR) is 92.0 cm³/mol. The van der Waals surface area contributed by atoms with Crippen LogP contribution >= 0.6 is 11.3 Å². The number of carbonyl (C=O) groups is 1. The molecular formula is C18H16N2O2S. The molecule has 0 N–H and O–H groups in total. The van der Waals surface area contributed by atoms with E-state index in [1.807, 2.05) is 54.8 Å². The van der Waals surface area contributed by atoms with E-state index in [0.29, 0.717) is 5.69 Å². The Kier molecular flexibility index (Phi) is 4.39. The molecule has 4 nitrogen and oxygen atoms in total. The van der Waals surface area contributed by atoms with Crippen LogP contribution in [0.25, 0.3) is 16.3 Å². The summed E-state index contributed by atoms with van der Waals surface area (Å²) in [5.74, 6) is -0.410. The van der Waals surface area contributed by atoms with Crippen LogP contribution in [-0.4, -0.2) is 22.4 Å². The van der Waals surface area contributed by atoms with Crippen LogP contribution in [0.2, 0.25) is 0 Å². The number of thiophene rings is 1. The summed E-state index contributed by atoms with van der Waals surface area (Å²) in [4.78, 5) is 13.4. The Morgan fingerprint density at radius 2 is 2.04 bits per heavy atom. The molecule has 0 aliphatic heterocycles. The smallest absolute Gasteiger partial charge is 0.357 e. The Bertz CT molecular complexity index is 820. The molecule has 5 heteroatoms. The van der Waals surface area contributed by atoms with Crippen molar-refractivity contribution >= 4 is 17.3 Å². The van der Waals surface area contributed by atoms with Crippen LogP contribution in [0.1, 0.15) is 17.4 Å². The molecule has 0 spiro atoms. The normalized spacial score (nSPS) is 10.5. The lowest BCUT2D eigenvalue weighted by atomic mass is 10.3. The Labute approximate surface area is 138 Å². The Balaban J connectivity index is 2.02. The molecule has 0 aliphatic carbocycles. The van der Waals surface area contributed by atoms with Crippen molar-refractivity contribution in [3.63, 3.8) is 0 Å². The first-order chi connectivity index (χ1) is 11.1. The maximum absolute atomic E-state index is 12.4. The van der Waals surface area contributed by atoms with E-state index in [-0.39, 0.29) is 6.61 Å². The summed E-state index contributed by atoms with van der Waals surface area (Å²) in [6, 6.07) is 15.2. The van der Waals surface area contributed by atoms with Gasteiger partial charge in [-0.05, 0) is 36.1 Å². The van der Waals surface area contributed by atoms with Crippen LogP contribution in [0.5, 0.6) is 0 Å². The quantitative estimate of drug-likeness (QED) is 0.518. The molecule has 0 fully saturated rings. The fourth-order valence-corrected chi connectivity index (χ4v) is 2.78. The number of carbonyl (C=O) groups excluding carboxylic acids is 1. The van der Waals surface area contributed by atoms with Gasteiger partial charge in [-0.3, -0.25) is 0 Å². The minimum atomic E-state index is -0.410. The fraction of sp³-hybridized carbons (Fsp3) is 0.111. The molecule has 0 atom stereocenters. The topological polar surface area (TPSA) is 44.1 Å². The van der Waals surface area contributed by atoms with Crippen molar-refractivity contribution in [2.75, 3.05) is 6.61 Å². The van der Waals surface area contributed by atoms with Gasteiger partial charge < -0.3 is 4.74 Å². The van der Waals surface area contributed by atoms with Gasteiger partial charge in [-0.15, -0.1) is 11.3 Å². The first-order valence-electron chi connectivity index (χ1n) is 7.16. The van der Waals surface area contributed by atoms with Crippen LogP contribution in [0, 0.1) is 0 Å². The zero-order chi connectivity index (χ0) is 16.2. The highest BCUT2D eigenvalue weighted by Crippen LogP contribution is 2.26. The summed E-state index contributed by atoms with van der Waals surface area (Å²) in [6.45, 7) is 5.77. The highest BCUT2D eigenvalue weighted by atomic mass is 32.1. The minimum absolute atomic E-state index is 0.202. The van der Waals surface area contributed by atoms with Crippen molar-refractivity contribution in [2.45, 2.75) is 6.92 Å². The second-order valence-corrected chi connectivity index (χ2v) is 6.12. The molecule has 0 saturated carbocycles. The monoisotopic (exact) mass is 324 g/mol. The molecule has 2 heterocycles. The van der Waals surface area contributed by atoms with Crippen LogP contribution in [-0.2, 0) is 4.74 Å². The van der Waals surface area contributed by atoms with E-state index in [1.54, 1.807) is 22.1 Å². The van der Waals surface area contributed by atoms with E-state index in [2.05, 4.69) is 11.7 Å². The van der Waals surface area contributed by atoms with Gasteiger partial charge in [-0.25, -0.2) is 9.48 Å². The third-order valence-corrected chi connectivity index (χ3v) is 4.03. The number of rotatable bonds is 5. The van der Waals surface area contributed by atoms with Crippen LogP contribution in [0.3, 0.4) is 0 Å². The number of nitrogens with zero attached hydrogens (tertiary/aromatic N) is 2. The Hall–Kier alpha value is -2.66. The SMILES string of the molecule is C=C(C)COC(=O)c1cc(-c2cccs2)nn1-c1ccccc1. The van der Waals surface area contributed by atoms with E-state index in [4.69, 9.17) is 4.74 Å². The Morgan fingerprint density at radius 1 is 1.26 bits per heavy atom. The number of esters is 1. The molecule has 0 aliphatic rings. The van der Waals surface area contributed by atoms with E-state index >= 15 is 0 Å². The first-order valence-corrected chi connectivity index (χ1v) is 8.04. The number of hydrogen-bond donors (Lipinski definition) is 0. The lowest BCUT2D eigenvalue weighted by Crippen LogP contribution is -2.13. The lowest BCUT2D eigenvalue weighted by Gasteiger charge is -2.07. The molecule has 0 saturated heterocycles. The molecule has 2 aromatic heterocycles. The van der Waals surface area contributed by atoms with Crippen molar-refractivity contribution in [3.8, 4) is 16.3 Å². The summed E-state index contributed by atoms with van der Waals surface area (Å²) < 4.78 is 6.91. The Morgan fingerprint density at radius 3 is 2.70 bits per heavy atom. The van der Waals surface area contributed by atoms with Gasteiger partial charge in [0.1, 0.15) is 12.3 Å². The zero-order valence-electron chi connectivity index (χ0n) is 12.7. The maximum Gasteiger partial charge on any atom is 0.357 e. The molecule has 0 bridgehead atoms. The molecule has 3 aromatic rings. The number of para-hydroxylation sites is 1. The van der Waals surface area contributed by atoms with Crippen molar-refractivity contribution in [1.82, 2.24) is 9.78 Å². The highest BCUT2D eigenvalue weighted by Gasteiger charge is 2.19. The second kappa shape index (κ2) is 6.62. The molecule has 23 heavy (non-hydrogen) atoms. The van der Waals surface area contributed by atoms with Crippen molar-refractivity contribution in [3.05, 3.63) is 71.8 Å². The largest absolute Gasteiger partial charge is 0.456 e. The molecule has 0 unspecified atom stereocenters. The van der Waals surface area contributed by atoms with E-state index < -0.39 is 5.97 Å². The summed E-state index contributed by atoms with van der Waals surface area (Å²) in [6.07, 6.45) is 0. The maximum atomic E-state index is 12.4. The summed E-state index contributed by atoms with van der Waals surface area (Å²) >= 11 is 1.58. The number of benzene rings is 1. The molecule has 3 rings (SSSR count). The zero-order valence-corrected chi connectivity index (χ0v) is 13.5. The third kappa shape index (κ3) is 3.40. The summed E-state index contributed by atoms with van der Waals surface area (Å²) in [7, 11) is 0. The van der Waals surface area contributed by atoms with E-state index in [0.717, 1.165) is 21.8 Å². The summed E-state index contributed by atoms with van der Waals surface area (Å²) in [5, 5.41) is 6.56. The van der Waals surface area contributed by atoms with Gasteiger partial charge in [0.25, 0.3) is 0 Å². The standard InChI is InChI=1S/C18H16N2O2S/c1-13(2)12-22-18(21)16-11-15(17-9-6-10-23-17)19-20(16)14-7-4-3-5-8-14/h3-11H,1,12H2,2H3. The van der Waals surface area contributed by atoms with E-state index in [1.165, 1.54) is 0 Å². The van der Waals surface area contributed by atoms with Crippen molar-refractivity contribution in [2.24, 2.45) is 0 Å². The molecule has 1 aromatic carbocycles. The number of ether oxygens (including phenoxy) is 1. The second-order valence-electron chi connectivity index (χ2n) is 5.17. The minimum Gasteiger partial charge on any atom is -0.456 e. The van der Waals surface area contributed by atoms with Gasteiger partial charge in [-0.1, -0.05) is 30.8 Å². The van der Waals surface area contributed by atoms with Gasteiger partial charge in [0, 0.05) is 6.07 Å². The molecule has 0 radical (unpaired) electrons. The molecule has 116 valence electrons. The highest BCUT2D eigenvalue weighted by molar-refractivity contribution is 7.13. The lowest BCUT2D eigenvalue weighted by molar-refractivity contribution is 0.0530.